The van der Waals surface area contributed by atoms with Crippen LogP contribution in [0.4, 0.5) is 4.39 Å². The molecule has 0 fully saturated rings. The summed E-state index contributed by atoms with van der Waals surface area (Å²) >= 11 is 5.31. The molecule has 96 valence electrons. The van der Waals surface area contributed by atoms with Gasteiger partial charge in [0.25, 0.3) is 0 Å². The summed E-state index contributed by atoms with van der Waals surface area (Å²) in [5.41, 5.74) is 1.14. The third-order valence-electron chi connectivity index (χ3n) is 2.76. The van der Waals surface area contributed by atoms with Gasteiger partial charge in [-0.1, -0.05) is 19.1 Å². The van der Waals surface area contributed by atoms with E-state index in [1.807, 2.05) is 12.1 Å². The van der Waals surface area contributed by atoms with Crippen molar-refractivity contribution in [3.05, 3.63) is 56.4 Å². The third-order valence-corrected chi connectivity index (χ3v) is 4.75. The number of hydrogen-bond donors (Lipinski definition) is 1. The van der Waals surface area contributed by atoms with Gasteiger partial charge in [-0.05, 0) is 58.0 Å². The lowest BCUT2D eigenvalue weighted by atomic mass is 10.0. The molecule has 0 bridgehead atoms. The highest BCUT2D eigenvalue weighted by Gasteiger charge is 2.15. The second-order valence-corrected chi connectivity index (χ2v) is 5.88. The molecule has 0 radical (unpaired) electrons. The summed E-state index contributed by atoms with van der Waals surface area (Å²) in [6.07, 6.45) is 0.868. The molecule has 0 amide bonds. The van der Waals surface area contributed by atoms with E-state index in [0.717, 1.165) is 23.0 Å². The van der Waals surface area contributed by atoms with Gasteiger partial charge in [0.15, 0.2) is 0 Å². The first-order chi connectivity index (χ1) is 8.70. The number of rotatable bonds is 5. The second kappa shape index (κ2) is 6.45. The van der Waals surface area contributed by atoms with Crippen molar-refractivity contribution in [3.8, 4) is 0 Å². The molecular weight excluding hydrogens is 313 g/mol. The third kappa shape index (κ3) is 3.40. The van der Waals surface area contributed by atoms with Crippen LogP contribution in [0, 0.1) is 5.82 Å². The zero-order valence-electron chi connectivity index (χ0n) is 10.1. The molecule has 0 saturated heterocycles. The zero-order valence-corrected chi connectivity index (χ0v) is 12.5. The molecular formula is C14H15BrFNS. The highest BCUT2D eigenvalue weighted by atomic mass is 79.9. The first kappa shape index (κ1) is 13.7. The Bertz CT molecular complexity index is 495. The summed E-state index contributed by atoms with van der Waals surface area (Å²) in [6, 6.07) is 9.07. The van der Waals surface area contributed by atoms with Crippen LogP contribution in [-0.2, 0) is 6.42 Å². The molecule has 0 aliphatic heterocycles. The maximum atomic E-state index is 12.9. The molecule has 1 aromatic heterocycles. The van der Waals surface area contributed by atoms with E-state index in [0.29, 0.717) is 0 Å². The number of thiophene rings is 1. The Morgan fingerprint density at radius 2 is 2.00 bits per heavy atom. The maximum absolute atomic E-state index is 12.9. The van der Waals surface area contributed by atoms with Crippen molar-refractivity contribution in [1.82, 2.24) is 5.32 Å². The first-order valence-corrected chi connectivity index (χ1v) is 7.58. The minimum absolute atomic E-state index is 0.184. The van der Waals surface area contributed by atoms with Gasteiger partial charge in [-0.3, -0.25) is 0 Å². The molecule has 18 heavy (non-hydrogen) atoms. The Balaban J connectivity index is 2.16. The van der Waals surface area contributed by atoms with Gasteiger partial charge in [0, 0.05) is 15.4 Å². The van der Waals surface area contributed by atoms with Crippen molar-refractivity contribution in [2.24, 2.45) is 0 Å². The quantitative estimate of drug-likeness (QED) is 0.849. The highest BCUT2D eigenvalue weighted by molar-refractivity contribution is 9.10. The molecule has 1 unspecified atom stereocenters. The molecule has 2 rings (SSSR count). The first-order valence-electron chi connectivity index (χ1n) is 5.91. The average Bonchev–Trinajstić information content (AvgIpc) is 2.78. The van der Waals surface area contributed by atoms with Gasteiger partial charge < -0.3 is 5.32 Å². The Hall–Kier alpha value is -0.710. The minimum atomic E-state index is -0.184. The smallest absolute Gasteiger partial charge is 0.123 e. The van der Waals surface area contributed by atoms with Crippen molar-refractivity contribution in [2.75, 3.05) is 6.54 Å². The van der Waals surface area contributed by atoms with Crippen LogP contribution in [-0.4, -0.2) is 6.54 Å². The Morgan fingerprint density at radius 3 is 2.56 bits per heavy atom. The van der Waals surface area contributed by atoms with Gasteiger partial charge in [0.05, 0.1) is 0 Å². The van der Waals surface area contributed by atoms with Gasteiger partial charge >= 0.3 is 0 Å². The Labute approximate surface area is 119 Å². The van der Waals surface area contributed by atoms with Crippen LogP contribution in [0.25, 0.3) is 0 Å². The summed E-state index contributed by atoms with van der Waals surface area (Å²) in [5.74, 6) is -0.184. The van der Waals surface area contributed by atoms with Crippen LogP contribution < -0.4 is 5.32 Å². The molecule has 4 heteroatoms. The Morgan fingerprint density at radius 1 is 1.28 bits per heavy atom. The highest BCUT2D eigenvalue weighted by Crippen LogP contribution is 2.31. The number of hydrogen-bond acceptors (Lipinski definition) is 2. The van der Waals surface area contributed by atoms with E-state index in [9.17, 15) is 4.39 Å². The maximum Gasteiger partial charge on any atom is 0.123 e. The van der Waals surface area contributed by atoms with E-state index in [1.165, 1.54) is 17.0 Å². The lowest BCUT2D eigenvalue weighted by Gasteiger charge is -2.17. The van der Waals surface area contributed by atoms with E-state index in [4.69, 9.17) is 0 Å². The van der Waals surface area contributed by atoms with Crippen molar-refractivity contribution in [1.29, 1.82) is 0 Å². The summed E-state index contributed by atoms with van der Waals surface area (Å²) in [5, 5.41) is 5.55. The topological polar surface area (TPSA) is 12.0 Å². The molecule has 0 aliphatic carbocycles. The molecule has 0 spiro atoms. The zero-order chi connectivity index (χ0) is 13.0. The number of halogens is 2. The van der Waals surface area contributed by atoms with E-state index >= 15 is 0 Å². The van der Waals surface area contributed by atoms with E-state index < -0.39 is 0 Å². The Kier molecular flexibility index (Phi) is 4.92. The molecule has 0 aliphatic rings. The molecule has 1 nitrogen and oxygen atoms in total. The van der Waals surface area contributed by atoms with Crippen molar-refractivity contribution in [3.63, 3.8) is 0 Å². The molecule has 1 N–H and O–H groups in total. The van der Waals surface area contributed by atoms with Gasteiger partial charge in [0.2, 0.25) is 0 Å². The molecule has 1 atom stereocenters. The van der Waals surface area contributed by atoms with E-state index in [1.54, 1.807) is 11.3 Å². The van der Waals surface area contributed by atoms with Crippen LogP contribution in [0.1, 0.15) is 23.4 Å². The second-order valence-electron chi connectivity index (χ2n) is 4.07. The van der Waals surface area contributed by atoms with Crippen LogP contribution >= 0.6 is 27.3 Å². The number of benzene rings is 1. The van der Waals surface area contributed by atoms with E-state index in [-0.39, 0.29) is 11.9 Å². The number of likely N-dealkylation sites (N-methyl/N-ethyl adjacent to an activating group) is 1. The summed E-state index contributed by atoms with van der Waals surface area (Å²) < 4.78 is 14.0. The fourth-order valence-corrected chi connectivity index (χ4v) is 3.64. The van der Waals surface area contributed by atoms with Crippen LogP contribution in [0.3, 0.4) is 0 Å². The largest absolute Gasteiger partial charge is 0.309 e. The van der Waals surface area contributed by atoms with Gasteiger partial charge in [-0.25, -0.2) is 4.39 Å². The molecule has 2 aromatic rings. The summed E-state index contributed by atoms with van der Waals surface area (Å²) in [6.45, 7) is 3.01. The monoisotopic (exact) mass is 327 g/mol. The standard InChI is InChI=1S/C14H15BrFNS/c1-2-17-13(14-12(15)7-8-18-14)9-10-3-5-11(16)6-4-10/h3-8,13,17H,2,9H2,1H3. The summed E-state index contributed by atoms with van der Waals surface area (Å²) in [7, 11) is 0. The van der Waals surface area contributed by atoms with E-state index in [2.05, 4.69) is 39.6 Å². The predicted molar refractivity (Wildman–Crippen MR) is 78.5 cm³/mol. The van der Waals surface area contributed by atoms with Crippen molar-refractivity contribution in [2.45, 2.75) is 19.4 Å². The number of nitrogens with one attached hydrogen (secondary N) is 1. The van der Waals surface area contributed by atoms with Crippen molar-refractivity contribution < 1.29 is 4.39 Å². The fourth-order valence-electron chi connectivity index (χ4n) is 1.91. The normalized spacial score (nSPS) is 12.6. The lowest BCUT2D eigenvalue weighted by molar-refractivity contribution is 0.555. The van der Waals surface area contributed by atoms with Crippen LogP contribution in [0.15, 0.2) is 40.2 Å². The summed E-state index contributed by atoms with van der Waals surface area (Å²) in [4.78, 5) is 1.29. The lowest BCUT2D eigenvalue weighted by Crippen LogP contribution is -2.22. The molecule has 0 saturated carbocycles. The van der Waals surface area contributed by atoms with Gasteiger partial charge in [-0.15, -0.1) is 11.3 Å². The predicted octanol–water partition coefficient (Wildman–Crippen LogP) is 4.54. The fraction of sp³-hybridized carbons (Fsp3) is 0.286. The van der Waals surface area contributed by atoms with Crippen LogP contribution in [0.2, 0.25) is 0 Å². The molecule has 1 heterocycles. The van der Waals surface area contributed by atoms with Gasteiger partial charge in [-0.2, -0.15) is 0 Å². The molecule has 1 aromatic carbocycles. The van der Waals surface area contributed by atoms with Crippen LogP contribution in [0.5, 0.6) is 0 Å². The van der Waals surface area contributed by atoms with Gasteiger partial charge in [0.1, 0.15) is 5.82 Å². The SMILES string of the molecule is CCNC(Cc1ccc(F)cc1)c1sccc1Br. The van der Waals surface area contributed by atoms with Crippen molar-refractivity contribution >= 4 is 27.3 Å². The minimum Gasteiger partial charge on any atom is -0.309 e. The average molecular weight is 328 g/mol.